The fraction of sp³-hybridized carbons (Fsp3) is 0.214. The average molecular weight is 503 g/mol. The normalized spacial score (nSPS) is 11.3. The molecule has 0 aliphatic heterocycles. The van der Waals surface area contributed by atoms with Gasteiger partial charge in [-0.1, -0.05) is 42.5 Å². The molecule has 0 saturated heterocycles. The molecule has 2 aromatic carbocycles. The van der Waals surface area contributed by atoms with Crippen LogP contribution in [0.5, 0.6) is 0 Å². The average Bonchev–Trinajstić information content (AvgIpc) is 3.60. The number of hydroxylamine groups is 1. The summed E-state index contributed by atoms with van der Waals surface area (Å²) in [5, 5.41) is 12.5. The van der Waals surface area contributed by atoms with Crippen LogP contribution < -0.4 is 10.8 Å². The topological polar surface area (TPSA) is 120 Å². The first kappa shape index (κ1) is 25.7. The molecule has 2 amide bonds. The third-order valence-corrected chi connectivity index (χ3v) is 5.95. The Balaban J connectivity index is 1.35. The Morgan fingerprint density at radius 2 is 1.89 bits per heavy atom. The van der Waals surface area contributed by atoms with Crippen molar-refractivity contribution in [1.82, 2.24) is 20.7 Å². The minimum Gasteiger partial charge on any atom is -0.472 e. The fourth-order valence-corrected chi connectivity index (χ4v) is 3.97. The van der Waals surface area contributed by atoms with E-state index in [1.165, 1.54) is 17.0 Å². The number of carbonyl (C=O) groups is 2. The molecular weight excluding hydrogens is 472 g/mol. The third-order valence-electron chi connectivity index (χ3n) is 5.95. The van der Waals surface area contributed by atoms with Gasteiger partial charge in [0.15, 0.2) is 0 Å². The summed E-state index contributed by atoms with van der Waals surface area (Å²) in [6.07, 6.45) is 8.44. The smallest absolute Gasteiger partial charge is 0.407 e. The van der Waals surface area contributed by atoms with Crippen molar-refractivity contribution in [3.05, 3.63) is 102 Å². The van der Waals surface area contributed by atoms with E-state index in [1.54, 1.807) is 30.1 Å². The number of ether oxygens (including phenoxy) is 1. The summed E-state index contributed by atoms with van der Waals surface area (Å²) >= 11 is 0. The number of alkyl carbamates (subject to hydrolysis) is 1. The molecule has 0 saturated carbocycles. The van der Waals surface area contributed by atoms with Gasteiger partial charge in [0.05, 0.1) is 12.5 Å². The predicted octanol–water partition coefficient (Wildman–Crippen LogP) is 4.25. The van der Waals surface area contributed by atoms with E-state index in [0.29, 0.717) is 19.6 Å². The summed E-state index contributed by atoms with van der Waals surface area (Å²) in [5.74, 6) is -0.582. The molecule has 0 radical (unpaired) electrons. The molecule has 0 spiro atoms. The van der Waals surface area contributed by atoms with E-state index in [9.17, 15) is 9.59 Å². The largest absolute Gasteiger partial charge is 0.472 e. The molecule has 0 unspecified atom stereocenters. The second kappa shape index (κ2) is 13.1. The molecule has 0 aliphatic rings. The second-order valence-corrected chi connectivity index (χ2v) is 8.56. The summed E-state index contributed by atoms with van der Waals surface area (Å²) in [4.78, 5) is 28.9. The van der Waals surface area contributed by atoms with Crippen molar-refractivity contribution in [2.24, 2.45) is 0 Å². The molecule has 2 aromatic heterocycles. The number of hydrogen-bond acceptors (Lipinski definition) is 6. The summed E-state index contributed by atoms with van der Waals surface area (Å²) in [6, 6.07) is 17.8. The predicted molar refractivity (Wildman–Crippen MR) is 140 cm³/mol. The fourth-order valence-electron chi connectivity index (χ4n) is 3.97. The van der Waals surface area contributed by atoms with Crippen LogP contribution in [-0.2, 0) is 29.0 Å². The lowest BCUT2D eigenvalue weighted by Gasteiger charge is -2.22. The number of H-pyrrole nitrogens is 1. The Morgan fingerprint density at radius 3 is 2.68 bits per heavy atom. The minimum absolute atomic E-state index is 0.252. The van der Waals surface area contributed by atoms with Gasteiger partial charge in [0.1, 0.15) is 6.61 Å². The van der Waals surface area contributed by atoms with Gasteiger partial charge < -0.3 is 19.5 Å². The van der Waals surface area contributed by atoms with Crippen LogP contribution in [-0.4, -0.2) is 46.8 Å². The molecule has 2 heterocycles. The van der Waals surface area contributed by atoms with Crippen molar-refractivity contribution >= 4 is 29.0 Å². The molecule has 4 N–H and O–H groups in total. The summed E-state index contributed by atoms with van der Waals surface area (Å²) in [6.45, 7) is 2.62. The zero-order chi connectivity index (χ0) is 25.9. The van der Waals surface area contributed by atoms with Gasteiger partial charge in [-0.2, -0.15) is 0 Å². The van der Waals surface area contributed by atoms with Crippen LogP contribution in [0.4, 0.5) is 4.79 Å². The van der Waals surface area contributed by atoms with Crippen molar-refractivity contribution in [2.45, 2.75) is 19.5 Å². The molecular formula is C28H30N4O5. The number of aromatic nitrogens is 1. The Hall–Kier alpha value is -4.34. The highest BCUT2D eigenvalue weighted by molar-refractivity contribution is 5.90. The van der Waals surface area contributed by atoms with Crippen molar-refractivity contribution < 1.29 is 24.0 Å². The van der Waals surface area contributed by atoms with E-state index in [-0.39, 0.29) is 6.61 Å². The molecule has 4 rings (SSSR count). The van der Waals surface area contributed by atoms with Crippen molar-refractivity contribution in [2.75, 3.05) is 19.7 Å². The monoisotopic (exact) mass is 502 g/mol. The van der Waals surface area contributed by atoms with E-state index in [2.05, 4.69) is 27.3 Å². The first-order chi connectivity index (χ1) is 18.1. The second-order valence-electron chi connectivity index (χ2n) is 8.56. The molecule has 0 aliphatic carbocycles. The standard InChI is InChI=1S/C28H30N4O5/c33-27(31-35)10-9-21-5-7-22(8-6-21)19-32(13-11-24-18-29-26-4-2-1-3-25(24)26)14-16-37-28(34)30-17-23-12-15-36-20-23/h1-10,12,15,18,20,29,35H,11,13-14,16-17,19H2,(H,30,34)(H,31,33)/b10-9-. The van der Waals surface area contributed by atoms with Crippen LogP contribution in [0.2, 0.25) is 0 Å². The number of furan rings is 1. The number of aromatic amines is 1. The van der Waals surface area contributed by atoms with Crippen molar-refractivity contribution in [1.29, 1.82) is 0 Å². The molecule has 0 fully saturated rings. The highest BCUT2D eigenvalue weighted by Crippen LogP contribution is 2.19. The molecule has 0 atom stereocenters. The highest BCUT2D eigenvalue weighted by Gasteiger charge is 2.11. The van der Waals surface area contributed by atoms with E-state index in [4.69, 9.17) is 14.4 Å². The number of hydrogen-bond donors (Lipinski definition) is 4. The number of rotatable bonds is 12. The van der Waals surface area contributed by atoms with Crippen LogP contribution >= 0.6 is 0 Å². The number of amides is 2. The Morgan fingerprint density at radius 1 is 1.05 bits per heavy atom. The van der Waals surface area contributed by atoms with E-state index >= 15 is 0 Å². The number of nitrogens with zero attached hydrogens (tertiary/aromatic N) is 1. The van der Waals surface area contributed by atoms with Gasteiger partial charge in [-0.05, 0) is 41.3 Å². The van der Waals surface area contributed by atoms with Crippen molar-refractivity contribution in [3.63, 3.8) is 0 Å². The first-order valence-electron chi connectivity index (χ1n) is 12.0. The van der Waals surface area contributed by atoms with Crippen LogP contribution in [0.3, 0.4) is 0 Å². The molecule has 37 heavy (non-hydrogen) atoms. The summed E-state index contributed by atoms with van der Waals surface area (Å²) in [5.41, 5.74) is 6.72. The lowest BCUT2D eigenvalue weighted by molar-refractivity contribution is -0.124. The maximum Gasteiger partial charge on any atom is 0.407 e. The molecule has 4 aromatic rings. The van der Waals surface area contributed by atoms with Crippen LogP contribution in [0.1, 0.15) is 22.3 Å². The van der Waals surface area contributed by atoms with Gasteiger partial charge in [0, 0.05) is 54.9 Å². The van der Waals surface area contributed by atoms with E-state index in [1.807, 2.05) is 42.6 Å². The minimum atomic E-state index is -0.582. The number of benzene rings is 2. The van der Waals surface area contributed by atoms with Crippen molar-refractivity contribution in [3.8, 4) is 0 Å². The third kappa shape index (κ3) is 7.83. The van der Waals surface area contributed by atoms with E-state index in [0.717, 1.165) is 35.2 Å². The van der Waals surface area contributed by atoms with Crippen LogP contribution in [0.25, 0.3) is 17.0 Å². The lowest BCUT2D eigenvalue weighted by Crippen LogP contribution is -2.32. The number of carbonyl (C=O) groups excluding carboxylic acids is 2. The van der Waals surface area contributed by atoms with Gasteiger partial charge in [0.25, 0.3) is 5.91 Å². The lowest BCUT2D eigenvalue weighted by atomic mass is 10.1. The Kier molecular flexibility index (Phi) is 9.12. The SMILES string of the molecule is O=C(/C=C\c1ccc(CN(CCOC(=O)NCc2ccoc2)CCc2c[nH]c3ccccc23)cc1)NO. The quantitative estimate of drug-likeness (QED) is 0.131. The summed E-state index contributed by atoms with van der Waals surface area (Å²) < 4.78 is 10.4. The highest BCUT2D eigenvalue weighted by atomic mass is 16.5. The van der Waals surface area contributed by atoms with Crippen LogP contribution in [0.15, 0.2) is 83.8 Å². The van der Waals surface area contributed by atoms with Crippen LogP contribution in [0, 0.1) is 0 Å². The number of nitrogens with one attached hydrogen (secondary N) is 3. The number of para-hydroxylation sites is 1. The number of fused-ring (bicyclic) bond motifs is 1. The summed E-state index contributed by atoms with van der Waals surface area (Å²) in [7, 11) is 0. The van der Waals surface area contributed by atoms with Gasteiger partial charge in [-0.3, -0.25) is 14.9 Å². The van der Waals surface area contributed by atoms with E-state index < -0.39 is 12.0 Å². The Labute approximate surface area is 214 Å². The zero-order valence-electron chi connectivity index (χ0n) is 20.4. The van der Waals surface area contributed by atoms with Gasteiger partial charge >= 0.3 is 6.09 Å². The van der Waals surface area contributed by atoms with Gasteiger partial charge in [-0.15, -0.1) is 0 Å². The molecule has 9 heteroatoms. The van der Waals surface area contributed by atoms with Gasteiger partial charge in [-0.25, -0.2) is 10.3 Å². The Bertz CT molecular complexity index is 1310. The maximum absolute atomic E-state index is 12.1. The van der Waals surface area contributed by atoms with Gasteiger partial charge in [0.2, 0.25) is 0 Å². The molecule has 0 bridgehead atoms. The first-order valence-corrected chi connectivity index (χ1v) is 12.0. The molecule has 192 valence electrons. The molecule has 9 nitrogen and oxygen atoms in total. The zero-order valence-corrected chi connectivity index (χ0v) is 20.4. The maximum atomic E-state index is 12.1.